The number of benzene rings is 2. The molecule has 0 amide bonds. The van der Waals surface area contributed by atoms with E-state index in [1.807, 2.05) is 18.2 Å². The van der Waals surface area contributed by atoms with Gasteiger partial charge in [0.05, 0.1) is 0 Å². The lowest BCUT2D eigenvalue weighted by atomic mass is 10.2. The zero-order chi connectivity index (χ0) is 15.7. The topological polar surface area (TPSA) is 56.3 Å². The van der Waals surface area contributed by atoms with Crippen LogP contribution in [0, 0.1) is 10.5 Å². The molecule has 0 saturated heterocycles. The highest BCUT2D eigenvalue weighted by Gasteiger charge is 2.21. The smallest absolute Gasteiger partial charge is 0.339 e. The van der Waals surface area contributed by atoms with E-state index in [1.54, 1.807) is 43.5 Å². The minimum absolute atomic E-state index is 0.173. The molecule has 2 aromatic carbocycles. The molecule has 0 N–H and O–H groups in total. The molecule has 0 unspecified atom stereocenters. The molecule has 1 heterocycles. The minimum Gasteiger partial charge on any atom is -0.377 e. The van der Waals surface area contributed by atoms with Crippen LogP contribution in [0.1, 0.15) is 5.56 Å². The van der Waals surface area contributed by atoms with Crippen molar-refractivity contribution in [3.8, 4) is 5.75 Å². The number of nitrogens with zero attached hydrogens (tertiary/aromatic N) is 1. The second-order valence-corrected chi connectivity index (χ2v) is 7.54. The molecule has 3 rings (SSSR count). The van der Waals surface area contributed by atoms with Gasteiger partial charge in [-0.2, -0.15) is 8.42 Å². The molecule has 0 fully saturated rings. The van der Waals surface area contributed by atoms with E-state index in [9.17, 15) is 8.42 Å². The molecular weight excluding hydrogens is 413 g/mol. The molecular formula is C16H12INO3S. The van der Waals surface area contributed by atoms with Gasteiger partial charge in [0, 0.05) is 15.2 Å². The minimum atomic E-state index is -3.90. The van der Waals surface area contributed by atoms with Gasteiger partial charge in [0.15, 0.2) is 5.75 Å². The number of aromatic nitrogens is 1. The van der Waals surface area contributed by atoms with Crippen molar-refractivity contribution in [1.82, 2.24) is 4.98 Å². The lowest BCUT2D eigenvalue weighted by Gasteiger charge is -2.11. The fraction of sp³-hybridized carbons (Fsp3) is 0.0625. The molecule has 22 heavy (non-hydrogen) atoms. The highest BCUT2D eigenvalue weighted by atomic mass is 127. The number of aryl methyl sites for hydroxylation is 1. The first-order valence-electron chi connectivity index (χ1n) is 6.52. The number of rotatable bonds is 3. The van der Waals surface area contributed by atoms with E-state index >= 15 is 0 Å². The lowest BCUT2D eigenvalue weighted by molar-refractivity contribution is 0.487. The fourth-order valence-electron chi connectivity index (χ4n) is 2.15. The van der Waals surface area contributed by atoms with E-state index in [2.05, 4.69) is 27.6 Å². The Labute approximate surface area is 142 Å². The van der Waals surface area contributed by atoms with Gasteiger partial charge in [0.25, 0.3) is 0 Å². The molecule has 0 saturated carbocycles. The Morgan fingerprint density at radius 1 is 1.09 bits per heavy atom. The second kappa shape index (κ2) is 5.85. The van der Waals surface area contributed by atoms with Gasteiger partial charge in [0.1, 0.15) is 10.4 Å². The van der Waals surface area contributed by atoms with Crippen molar-refractivity contribution in [2.45, 2.75) is 11.8 Å². The van der Waals surface area contributed by atoms with Crippen LogP contribution in [0.3, 0.4) is 0 Å². The Kier molecular flexibility index (Phi) is 4.05. The molecule has 112 valence electrons. The van der Waals surface area contributed by atoms with Crippen LogP contribution in [0.4, 0.5) is 0 Å². The normalized spacial score (nSPS) is 11.5. The number of hydrogen-bond donors (Lipinski definition) is 0. The van der Waals surface area contributed by atoms with E-state index < -0.39 is 10.1 Å². The first kappa shape index (κ1) is 15.2. The maximum absolute atomic E-state index is 12.6. The molecule has 1 aromatic heterocycles. The molecule has 3 aromatic rings. The summed E-state index contributed by atoms with van der Waals surface area (Å²) in [6.07, 6.45) is 1.61. The van der Waals surface area contributed by atoms with E-state index in [1.165, 1.54) is 0 Å². The number of halogens is 1. The molecule has 0 bridgehead atoms. The monoisotopic (exact) mass is 425 g/mol. The predicted molar refractivity (Wildman–Crippen MR) is 93.5 cm³/mol. The molecule has 0 radical (unpaired) electrons. The van der Waals surface area contributed by atoms with Crippen molar-refractivity contribution in [2.24, 2.45) is 0 Å². The van der Waals surface area contributed by atoms with Gasteiger partial charge < -0.3 is 4.18 Å². The third-order valence-corrected chi connectivity index (χ3v) is 5.26. The van der Waals surface area contributed by atoms with Crippen molar-refractivity contribution in [3.63, 3.8) is 0 Å². The highest BCUT2D eigenvalue weighted by molar-refractivity contribution is 14.1. The summed E-state index contributed by atoms with van der Waals surface area (Å²) in [6, 6.07) is 14.1. The van der Waals surface area contributed by atoms with Crippen LogP contribution in [-0.4, -0.2) is 13.4 Å². The van der Waals surface area contributed by atoms with Crippen molar-refractivity contribution in [1.29, 1.82) is 0 Å². The van der Waals surface area contributed by atoms with E-state index in [0.29, 0.717) is 11.1 Å². The molecule has 0 aliphatic heterocycles. The maximum Gasteiger partial charge on any atom is 0.339 e. The Balaban J connectivity index is 2.09. The van der Waals surface area contributed by atoms with Gasteiger partial charge >= 0.3 is 10.1 Å². The molecule has 6 heteroatoms. The highest BCUT2D eigenvalue weighted by Crippen LogP contribution is 2.28. The summed E-state index contributed by atoms with van der Waals surface area (Å²) < 4.78 is 31.3. The molecule has 0 aliphatic carbocycles. The zero-order valence-electron chi connectivity index (χ0n) is 11.7. The number of fused-ring (bicyclic) bond motifs is 1. The summed E-state index contributed by atoms with van der Waals surface area (Å²) >= 11 is 2.08. The van der Waals surface area contributed by atoms with Crippen molar-refractivity contribution in [3.05, 3.63) is 63.9 Å². The van der Waals surface area contributed by atoms with Crippen LogP contribution in [0.2, 0.25) is 0 Å². The number of hydrogen-bond acceptors (Lipinski definition) is 4. The number of pyridine rings is 1. The molecule has 4 nitrogen and oxygen atoms in total. The molecule has 0 spiro atoms. The van der Waals surface area contributed by atoms with Crippen molar-refractivity contribution < 1.29 is 12.6 Å². The summed E-state index contributed by atoms with van der Waals surface area (Å²) in [7, 11) is -3.90. The first-order chi connectivity index (χ1) is 10.5. The van der Waals surface area contributed by atoms with Crippen LogP contribution in [-0.2, 0) is 10.1 Å². The Morgan fingerprint density at radius 2 is 1.86 bits per heavy atom. The summed E-state index contributed by atoms with van der Waals surface area (Å²) in [5.41, 5.74) is 1.17. The summed E-state index contributed by atoms with van der Waals surface area (Å²) in [6.45, 7) is 1.74. The lowest BCUT2D eigenvalue weighted by Crippen LogP contribution is -2.12. The van der Waals surface area contributed by atoms with Gasteiger partial charge in [-0.05, 0) is 59.3 Å². The van der Waals surface area contributed by atoms with Gasteiger partial charge in [-0.25, -0.2) is 0 Å². The standard InChI is InChI=1S/C16H12INO3S/c1-11-7-8-13(17)10-15(11)22(19,20)21-14-6-2-4-12-5-3-9-18-16(12)14/h2-10H,1H3. The first-order valence-corrected chi connectivity index (χ1v) is 9.00. The zero-order valence-corrected chi connectivity index (χ0v) is 14.6. The summed E-state index contributed by atoms with van der Waals surface area (Å²) in [4.78, 5) is 4.38. The van der Waals surface area contributed by atoms with Gasteiger partial charge in [-0.15, -0.1) is 0 Å². The fourth-order valence-corrected chi connectivity index (χ4v) is 4.05. The largest absolute Gasteiger partial charge is 0.377 e. The maximum atomic E-state index is 12.6. The van der Waals surface area contributed by atoms with E-state index in [4.69, 9.17) is 4.18 Å². The predicted octanol–water partition coefficient (Wildman–Crippen LogP) is 3.92. The van der Waals surface area contributed by atoms with Crippen molar-refractivity contribution >= 4 is 43.6 Å². The Bertz CT molecular complexity index is 949. The van der Waals surface area contributed by atoms with Crippen LogP contribution in [0.15, 0.2) is 59.6 Å². The van der Waals surface area contributed by atoms with E-state index in [0.717, 1.165) is 8.96 Å². The summed E-state index contributed by atoms with van der Waals surface area (Å²) in [5.74, 6) is 0.233. The molecule has 0 atom stereocenters. The SMILES string of the molecule is Cc1ccc(I)cc1S(=O)(=O)Oc1cccc2cccnc12. The van der Waals surface area contributed by atoms with E-state index in [-0.39, 0.29) is 10.6 Å². The third kappa shape index (κ3) is 2.93. The second-order valence-electron chi connectivity index (χ2n) is 4.78. The van der Waals surface area contributed by atoms with Crippen molar-refractivity contribution in [2.75, 3.05) is 0 Å². The van der Waals surface area contributed by atoms with Crippen LogP contribution in [0.5, 0.6) is 5.75 Å². The third-order valence-electron chi connectivity index (χ3n) is 3.21. The Hall–Kier alpha value is -1.67. The number of para-hydroxylation sites is 1. The molecule has 0 aliphatic rings. The van der Waals surface area contributed by atoms with Crippen LogP contribution in [0.25, 0.3) is 10.9 Å². The summed E-state index contributed by atoms with van der Waals surface area (Å²) in [5, 5.41) is 0.828. The van der Waals surface area contributed by atoms with Gasteiger partial charge in [0.2, 0.25) is 0 Å². The average Bonchev–Trinajstić information content (AvgIpc) is 2.50. The quantitative estimate of drug-likeness (QED) is 0.472. The van der Waals surface area contributed by atoms with Gasteiger partial charge in [-0.3, -0.25) is 4.98 Å². The Morgan fingerprint density at radius 3 is 2.68 bits per heavy atom. The van der Waals surface area contributed by atoms with Crippen LogP contribution >= 0.6 is 22.6 Å². The average molecular weight is 425 g/mol. The van der Waals surface area contributed by atoms with Gasteiger partial charge in [-0.1, -0.05) is 24.3 Å². The van der Waals surface area contributed by atoms with Crippen LogP contribution < -0.4 is 4.18 Å².